The summed E-state index contributed by atoms with van der Waals surface area (Å²) in [5.74, 6) is -0.534. The minimum Gasteiger partial charge on any atom is -0.351 e. The summed E-state index contributed by atoms with van der Waals surface area (Å²) in [7, 11) is -3.29. The number of nitrogens with one attached hydrogen (secondary N) is 1. The average Bonchev–Trinajstić information content (AvgIpc) is 3.04. The van der Waals surface area contributed by atoms with E-state index in [1.807, 2.05) is 0 Å². The molecule has 1 amide bonds. The topological polar surface area (TPSA) is 81.1 Å². The fourth-order valence-electron chi connectivity index (χ4n) is 2.59. The Hall–Kier alpha value is -3.00. The third-order valence-corrected chi connectivity index (χ3v) is 5.06. The van der Waals surface area contributed by atoms with Crippen LogP contribution in [0.5, 0.6) is 0 Å². The van der Waals surface area contributed by atoms with Crippen molar-refractivity contribution in [1.82, 2.24) is 15.1 Å². The van der Waals surface area contributed by atoms with Crippen LogP contribution in [0.3, 0.4) is 0 Å². The van der Waals surface area contributed by atoms with Gasteiger partial charge < -0.3 is 5.32 Å². The molecule has 3 rings (SSSR count). The minimum absolute atomic E-state index is 0.176. The van der Waals surface area contributed by atoms with Crippen LogP contribution in [0.4, 0.5) is 4.39 Å². The molecule has 0 aliphatic heterocycles. The van der Waals surface area contributed by atoms with Crippen molar-refractivity contribution < 1.29 is 17.6 Å². The van der Waals surface area contributed by atoms with Crippen molar-refractivity contribution in [3.05, 3.63) is 66.1 Å². The smallest absolute Gasteiger partial charge is 0.217 e. The molecule has 0 fully saturated rings. The second kappa shape index (κ2) is 7.32. The summed E-state index contributed by atoms with van der Waals surface area (Å²) >= 11 is 0. The van der Waals surface area contributed by atoms with Gasteiger partial charge in [0.2, 0.25) is 5.91 Å². The predicted octanol–water partition coefficient (Wildman–Crippen LogP) is 2.72. The lowest BCUT2D eigenvalue weighted by Crippen LogP contribution is -2.19. The second-order valence-electron chi connectivity index (χ2n) is 6.12. The Balaban J connectivity index is 2.06. The largest absolute Gasteiger partial charge is 0.351 e. The highest BCUT2D eigenvalue weighted by atomic mass is 32.2. The molecule has 0 radical (unpaired) electrons. The van der Waals surface area contributed by atoms with Crippen molar-refractivity contribution in [1.29, 1.82) is 0 Å². The molecular weight excluding hydrogens is 369 g/mol. The van der Waals surface area contributed by atoms with E-state index in [1.54, 1.807) is 35.0 Å². The first kappa shape index (κ1) is 18.8. The lowest BCUT2D eigenvalue weighted by atomic mass is 10.1. The highest BCUT2D eigenvalue weighted by molar-refractivity contribution is 7.90. The zero-order chi connectivity index (χ0) is 19.6. The van der Waals surface area contributed by atoms with Gasteiger partial charge in [-0.15, -0.1) is 0 Å². The quantitative estimate of drug-likeness (QED) is 0.730. The van der Waals surface area contributed by atoms with Crippen molar-refractivity contribution in [3.8, 4) is 16.9 Å². The zero-order valence-corrected chi connectivity index (χ0v) is 15.6. The van der Waals surface area contributed by atoms with Crippen molar-refractivity contribution >= 4 is 15.7 Å². The van der Waals surface area contributed by atoms with Gasteiger partial charge in [-0.3, -0.25) is 4.79 Å². The fraction of sp³-hybridized carbons (Fsp3) is 0.158. The molecule has 2 aromatic carbocycles. The van der Waals surface area contributed by atoms with E-state index in [0.717, 1.165) is 11.8 Å². The number of hydrogen-bond donors (Lipinski definition) is 1. The average molecular weight is 387 g/mol. The summed E-state index contributed by atoms with van der Waals surface area (Å²) in [6, 6.07) is 14.1. The first-order valence-corrected chi connectivity index (χ1v) is 10.0. The van der Waals surface area contributed by atoms with Gasteiger partial charge in [-0.1, -0.05) is 12.1 Å². The number of halogens is 1. The number of rotatable bonds is 5. The van der Waals surface area contributed by atoms with Crippen LogP contribution in [0.15, 0.2) is 59.5 Å². The second-order valence-corrected chi connectivity index (χ2v) is 8.13. The number of benzene rings is 2. The van der Waals surface area contributed by atoms with Gasteiger partial charge in [-0.05, 0) is 42.5 Å². The third kappa shape index (κ3) is 4.40. The molecule has 8 heteroatoms. The highest BCUT2D eigenvalue weighted by Gasteiger charge is 2.14. The monoisotopic (exact) mass is 387 g/mol. The van der Waals surface area contributed by atoms with E-state index in [0.29, 0.717) is 17.1 Å². The number of sulfone groups is 1. The van der Waals surface area contributed by atoms with E-state index in [1.165, 1.54) is 31.2 Å². The molecule has 6 nitrogen and oxygen atoms in total. The van der Waals surface area contributed by atoms with E-state index < -0.39 is 9.84 Å². The van der Waals surface area contributed by atoms with Crippen molar-refractivity contribution in [2.24, 2.45) is 0 Å². The van der Waals surface area contributed by atoms with Crippen LogP contribution in [0.1, 0.15) is 12.6 Å². The molecule has 0 aliphatic carbocycles. The number of carbonyl (C=O) groups excluding carboxylic acids is 1. The summed E-state index contributed by atoms with van der Waals surface area (Å²) in [4.78, 5) is 11.4. The number of aromatic nitrogens is 2. The Morgan fingerprint density at radius 3 is 2.30 bits per heavy atom. The van der Waals surface area contributed by atoms with Gasteiger partial charge in [0, 0.05) is 18.7 Å². The molecule has 0 spiro atoms. The number of nitrogens with zero attached hydrogens (tertiary/aromatic N) is 2. The third-order valence-electron chi connectivity index (χ3n) is 3.93. The maximum Gasteiger partial charge on any atom is 0.217 e. The van der Waals surface area contributed by atoms with Crippen LogP contribution in [0.25, 0.3) is 16.9 Å². The standard InChI is InChI=1S/C19H18FN3O3S/c1-13(24)21-12-16-11-19(14-3-9-18(10-4-14)27(2,25)26)23(22-16)17-7-5-15(20)6-8-17/h3-11H,12H2,1-2H3,(H,21,24). The number of carbonyl (C=O) groups is 1. The molecule has 3 aromatic rings. The Morgan fingerprint density at radius 2 is 1.74 bits per heavy atom. The van der Waals surface area contributed by atoms with Gasteiger partial charge in [0.1, 0.15) is 5.82 Å². The van der Waals surface area contributed by atoms with Gasteiger partial charge in [-0.2, -0.15) is 5.10 Å². The molecule has 1 heterocycles. The SMILES string of the molecule is CC(=O)NCc1cc(-c2ccc(S(C)(=O)=O)cc2)n(-c2ccc(F)cc2)n1. The lowest BCUT2D eigenvalue weighted by molar-refractivity contribution is -0.119. The summed E-state index contributed by atoms with van der Waals surface area (Å²) in [5, 5.41) is 7.18. The van der Waals surface area contributed by atoms with Crippen molar-refractivity contribution in [2.45, 2.75) is 18.4 Å². The fourth-order valence-corrected chi connectivity index (χ4v) is 3.22. The summed E-state index contributed by atoms with van der Waals surface area (Å²) in [5.41, 5.74) is 2.71. The zero-order valence-electron chi connectivity index (χ0n) is 14.8. The Bertz CT molecular complexity index is 1070. The lowest BCUT2D eigenvalue weighted by Gasteiger charge is -2.08. The van der Waals surface area contributed by atoms with E-state index in [4.69, 9.17) is 0 Å². The predicted molar refractivity (Wildman–Crippen MR) is 99.6 cm³/mol. The van der Waals surface area contributed by atoms with Crippen LogP contribution in [0.2, 0.25) is 0 Å². The molecule has 27 heavy (non-hydrogen) atoms. The van der Waals surface area contributed by atoms with Gasteiger partial charge >= 0.3 is 0 Å². The van der Waals surface area contributed by atoms with Gasteiger partial charge in [0.05, 0.1) is 28.5 Å². The van der Waals surface area contributed by atoms with E-state index in [2.05, 4.69) is 10.4 Å². The van der Waals surface area contributed by atoms with E-state index in [9.17, 15) is 17.6 Å². The highest BCUT2D eigenvalue weighted by Crippen LogP contribution is 2.25. The molecule has 0 saturated heterocycles. The van der Waals surface area contributed by atoms with E-state index in [-0.39, 0.29) is 23.2 Å². The molecule has 0 bridgehead atoms. The number of amides is 1. The first-order valence-electron chi connectivity index (χ1n) is 8.14. The first-order chi connectivity index (χ1) is 12.7. The van der Waals surface area contributed by atoms with Crippen LogP contribution < -0.4 is 5.32 Å². The molecular formula is C19H18FN3O3S. The summed E-state index contributed by atoms with van der Waals surface area (Å²) < 4.78 is 38.2. The van der Waals surface area contributed by atoms with Gasteiger partial charge in [0.15, 0.2) is 9.84 Å². The normalized spacial score (nSPS) is 11.4. The number of hydrogen-bond acceptors (Lipinski definition) is 4. The molecule has 0 saturated carbocycles. The molecule has 1 N–H and O–H groups in total. The molecule has 0 unspecified atom stereocenters. The van der Waals surface area contributed by atoms with Crippen LogP contribution in [-0.2, 0) is 21.2 Å². The Morgan fingerprint density at radius 1 is 1.11 bits per heavy atom. The van der Waals surface area contributed by atoms with Gasteiger partial charge in [0.25, 0.3) is 0 Å². The van der Waals surface area contributed by atoms with Crippen LogP contribution in [-0.4, -0.2) is 30.4 Å². The molecule has 140 valence electrons. The Kier molecular flexibility index (Phi) is 5.09. The maximum atomic E-state index is 13.3. The van der Waals surface area contributed by atoms with Crippen LogP contribution >= 0.6 is 0 Å². The van der Waals surface area contributed by atoms with Crippen LogP contribution in [0, 0.1) is 5.82 Å². The minimum atomic E-state index is -3.29. The van der Waals surface area contributed by atoms with Crippen molar-refractivity contribution in [3.63, 3.8) is 0 Å². The molecule has 0 atom stereocenters. The molecule has 0 aliphatic rings. The maximum absolute atomic E-state index is 13.3. The van der Waals surface area contributed by atoms with E-state index >= 15 is 0 Å². The summed E-state index contributed by atoms with van der Waals surface area (Å²) in [6.07, 6.45) is 1.15. The Labute approximate surface area is 156 Å². The van der Waals surface area contributed by atoms with Crippen molar-refractivity contribution in [2.75, 3.05) is 6.26 Å². The molecule has 1 aromatic heterocycles. The summed E-state index contributed by atoms with van der Waals surface area (Å²) in [6.45, 7) is 1.67. The van der Waals surface area contributed by atoms with Gasteiger partial charge in [-0.25, -0.2) is 17.5 Å².